The minimum absolute atomic E-state index is 0.234. The van der Waals surface area contributed by atoms with Crippen molar-refractivity contribution in [2.75, 3.05) is 5.32 Å². The van der Waals surface area contributed by atoms with Gasteiger partial charge in [0.1, 0.15) is 16.0 Å². The Hall–Kier alpha value is -2.20. The van der Waals surface area contributed by atoms with E-state index in [1.165, 1.54) is 11.3 Å². The summed E-state index contributed by atoms with van der Waals surface area (Å²) in [6.45, 7) is 1.81. The third-order valence-corrected chi connectivity index (χ3v) is 5.32. The van der Waals surface area contributed by atoms with Crippen LogP contribution >= 0.6 is 34.3 Å². The molecule has 2 aromatic heterocycles. The number of aryl methyl sites for hydroxylation is 1. The average Bonchev–Trinajstić information content (AvgIpc) is 3.16. The Balaban J connectivity index is 1.84. The lowest BCUT2D eigenvalue weighted by molar-refractivity contribution is 0.103. The van der Waals surface area contributed by atoms with Crippen molar-refractivity contribution in [2.24, 2.45) is 0 Å². The summed E-state index contributed by atoms with van der Waals surface area (Å²) in [5.74, 6) is -0.234. The Labute approximate surface area is 146 Å². The van der Waals surface area contributed by atoms with Gasteiger partial charge in [0.05, 0.1) is 16.3 Å². The van der Waals surface area contributed by atoms with Gasteiger partial charge in [-0.2, -0.15) is 16.6 Å². The Morgan fingerprint density at radius 3 is 2.87 bits per heavy atom. The molecule has 7 heteroatoms. The van der Waals surface area contributed by atoms with Crippen LogP contribution in [0.2, 0.25) is 5.02 Å². The van der Waals surface area contributed by atoms with Crippen molar-refractivity contribution >= 4 is 45.9 Å². The number of hydrogen-bond donors (Lipinski definition) is 1. The second kappa shape index (κ2) is 6.50. The average molecular weight is 360 g/mol. The van der Waals surface area contributed by atoms with Crippen molar-refractivity contribution < 1.29 is 4.79 Å². The third kappa shape index (κ3) is 3.27. The first kappa shape index (κ1) is 15.7. The van der Waals surface area contributed by atoms with Gasteiger partial charge in [0, 0.05) is 16.6 Å². The molecule has 1 N–H and O–H groups in total. The van der Waals surface area contributed by atoms with E-state index in [0.717, 1.165) is 10.6 Å². The number of rotatable bonds is 3. The SMILES string of the molecule is Cc1nc(-c2ccsc2)sc1C(=O)Nc1ccc(C#N)c(Cl)c1. The Morgan fingerprint density at radius 1 is 1.39 bits per heavy atom. The van der Waals surface area contributed by atoms with Crippen LogP contribution in [0, 0.1) is 18.3 Å². The van der Waals surface area contributed by atoms with Gasteiger partial charge >= 0.3 is 0 Å². The van der Waals surface area contributed by atoms with Gasteiger partial charge in [-0.1, -0.05) is 11.6 Å². The van der Waals surface area contributed by atoms with E-state index in [2.05, 4.69) is 10.3 Å². The number of carbonyl (C=O) groups is 1. The van der Waals surface area contributed by atoms with Gasteiger partial charge in [0.25, 0.3) is 5.91 Å². The Bertz CT molecular complexity index is 910. The highest BCUT2D eigenvalue weighted by molar-refractivity contribution is 7.17. The predicted octanol–water partition coefficient (Wildman–Crippen LogP) is 4.96. The molecule has 1 aromatic carbocycles. The lowest BCUT2D eigenvalue weighted by Crippen LogP contribution is -2.11. The zero-order valence-corrected chi connectivity index (χ0v) is 14.4. The number of benzene rings is 1. The molecular weight excluding hydrogens is 350 g/mol. The maximum Gasteiger partial charge on any atom is 0.267 e. The highest BCUT2D eigenvalue weighted by atomic mass is 35.5. The molecule has 0 bridgehead atoms. The van der Waals surface area contributed by atoms with E-state index < -0.39 is 0 Å². The fourth-order valence-electron chi connectivity index (χ4n) is 1.99. The maximum absolute atomic E-state index is 12.4. The first-order chi connectivity index (χ1) is 11.1. The van der Waals surface area contributed by atoms with E-state index in [-0.39, 0.29) is 5.91 Å². The molecule has 0 unspecified atom stereocenters. The van der Waals surface area contributed by atoms with E-state index >= 15 is 0 Å². The number of nitrogens with zero attached hydrogens (tertiary/aromatic N) is 2. The summed E-state index contributed by atoms with van der Waals surface area (Å²) >= 11 is 8.92. The lowest BCUT2D eigenvalue weighted by Gasteiger charge is -2.05. The van der Waals surface area contributed by atoms with Crippen LogP contribution in [0.1, 0.15) is 20.9 Å². The van der Waals surface area contributed by atoms with Crippen LogP contribution in [-0.2, 0) is 0 Å². The normalized spacial score (nSPS) is 10.3. The van der Waals surface area contributed by atoms with Crippen molar-refractivity contribution in [3.05, 3.63) is 56.2 Å². The molecule has 0 aliphatic carbocycles. The third-order valence-electron chi connectivity index (χ3n) is 3.12. The zero-order valence-electron chi connectivity index (χ0n) is 12.0. The molecule has 0 saturated carbocycles. The summed E-state index contributed by atoms with van der Waals surface area (Å²) in [6.07, 6.45) is 0. The van der Waals surface area contributed by atoms with Gasteiger partial charge in [0.2, 0.25) is 0 Å². The number of anilines is 1. The number of thiazole rings is 1. The Kier molecular flexibility index (Phi) is 4.44. The number of thiophene rings is 1. The molecule has 3 aromatic rings. The highest BCUT2D eigenvalue weighted by Crippen LogP contribution is 2.30. The van der Waals surface area contributed by atoms with E-state index in [4.69, 9.17) is 16.9 Å². The Morgan fingerprint density at radius 2 is 2.22 bits per heavy atom. The number of halogens is 1. The fraction of sp³-hybridized carbons (Fsp3) is 0.0625. The number of nitrogens with one attached hydrogen (secondary N) is 1. The van der Waals surface area contributed by atoms with Crippen LogP contribution < -0.4 is 5.32 Å². The smallest absolute Gasteiger partial charge is 0.267 e. The van der Waals surface area contributed by atoms with Crippen LogP contribution in [-0.4, -0.2) is 10.9 Å². The lowest BCUT2D eigenvalue weighted by atomic mass is 10.2. The van der Waals surface area contributed by atoms with Crippen molar-refractivity contribution in [1.82, 2.24) is 4.98 Å². The zero-order chi connectivity index (χ0) is 16.4. The molecule has 23 heavy (non-hydrogen) atoms. The van der Waals surface area contributed by atoms with Crippen molar-refractivity contribution in [3.8, 4) is 16.6 Å². The summed E-state index contributed by atoms with van der Waals surface area (Å²) in [6, 6.07) is 8.75. The van der Waals surface area contributed by atoms with E-state index in [0.29, 0.717) is 26.8 Å². The second-order valence-corrected chi connectivity index (χ2v) is 6.89. The number of aromatic nitrogens is 1. The van der Waals surface area contributed by atoms with Gasteiger partial charge in [-0.05, 0) is 36.6 Å². The van der Waals surface area contributed by atoms with Gasteiger partial charge < -0.3 is 5.32 Å². The molecule has 0 fully saturated rings. The molecule has 0 aliphatic rings. The summed E-state index contributed by atoms with van der Waals surface area (Å²) in [7, 11) is 0. The molecular formula is C16H10ClN3OS2. The van der Waals surface area contributed by atoms with Gasteiger partial charge in [-0.3, -0.25) is 4.79 Å². The standard InChI is InChI=1S/C16H10ClN3OS2/c1-9-14(23-16(19-9)11-4-5-22-8-11)15(21)20-12-3-2-10(7-18)13(17)6-12/h2-6,8H,1H3,(H,20,21). The summed E-state index contributed by atoms with van der Waals surface area (Å²) < 4.78 is 0. The molecule has 2 heterocycles. The predicted molar refractivity (Wildman–Crippen MR) is 94.3 cm³/mol. The first-order valence-electron chi connectivity index (χ1n) is 6.59. The highest BCUT2D eigenvalue weighted by Gasteiger charge is 2.17. The van der Waals surface area contributed by atoms with Crippen LogP contribution in [0.15, 0.2) is 35.0 Å². The largest absolute Gasteiger partial charge is 0.321 e. The molecule has 0 aliphatic heterocycles. The van der Waals surface area contributed by atoms with Gasteiger partial charge in [-0.15, -0.1) is 11.3 Å². The summed E-state index contributed by atoms with van der Waals surface area (Å²) in [5.41, 5.74) is 2.62. The van der Waals surface area contributed by atoms with Crippen LogP contribution in [0.25, 0.3) is 10.6 Å². The van der Waals surface area contributed by atoms with Crippen molar-refractivity contribution in [1.29, 1.82) is 5.26 Å². The summed E-state index contributed by atoms with van der Waals surface area (Å²) in [5, 5.41) is 16.8. The van der Waals surface area contributed by atoms with E-state index in [1.54, 1.807) is 29.5 Å². The maximum atomic E-state index is 12.4. The first-order valence-corrected chi connectivity index (χ1v) is 8.73. The molecule has 0 saturated heterocycles. The van der Waals surface area contributed by atoms with Crippen LogP contribution in [0.3, 0.4) is 0 Å². The van der Waals surface area contributed by atoms with E-state index in [1.807, 2.05) is 29.8 Å². The van der Waals surface area contributed by atoms with Gasteiger partial charge in [-0.25, -0.2) is 4.98 Å². The minimum atomic E-state index is -0.234. The molecule has 1 amide bonds. The number of amides is 1. The van der Waals surface area contributed by atoms with Crippen LogP contribution in [0.4, 0.5) is 5.69 Å². The fourth-order valence-corrected chi connectivity index (χ4v) is 3.88. The minimum Gasteiger partial charge on any atom is -0.321 e. The molecule has 114 valence electrons. The second-order valence-electron chi connectivity index (χ2n) is 4.71. The topological polar surface area (TPSA) is 65.8 Å². The van der Waals surface area contributed by atoms with Crippen LogP contribution in [0.5, 0.6) is 0 Å². The summed E-state index contributed by atoms with van der Waals surface area (Å²) in [4.78, 5) is 17.5. The van der Waals surface area contributed by atoms with Gasteiger partial charge in [0.15, 0.2) is 0 Å². The van der Waals surface area contributed by atoms with Crippen molar-refractivity contribution in [3.63, 3.8) is 0 Å². The number of carbonyl (C=O) groups excluding carboxylic acids is 1. The number of nitriles is 1. The monoisotopic (exact) mass is 359 g/mol. The van der Waals surface area contributed by atoms with E-state index in [9.17, 15) is 4.79 Å². The number of hydrogen-bond acceptors (Lipinski definition) is 5. The quantitative estimate of drug-likeness (QED) is 0.718. The molecule has 3 rings (SSSR count). The molecule has 0 radical (unpaired) electrons. The molecule has 0 spiro atoms. The molecule has 0 atom stereocenters. The van der Waals surface area contributed by atoms with Crippen molar-refractivity contribution in [2.45, 2.75) is 6.92 Å². The molecule has 4 nitrogen and oxygen atoms in total.